The number of nitrogens with zero attached hydrogens (tertiary/aromatic N) is 1. The molecular formula is C17H17N3O5S. The van der Waals surface area contributed by atoms with Crippen molar-refractivity contribution in [1.29, 1.82) is 0 Å². The van der Waals surface area contributed by atoms with Gasteiger partial charge in [0.05, 0.1) is 26.3 Å². The number of anilines is 2. The molecule has 1 amide bonds. The van der Waals surface area contributed by atoms with Gasteiger partial charge in [0, 0.05) is 11.8 Å². The van der Waals surface area contributed by atoms with Gasteiger partial charge in [-0.3, -0.25) is 4.79 Å². The van der Waals surface area contributed by atoms with Crippen LogP contribution in [0.4, 0.5) is 11.4 Å². The zero-order chi connectivity index (χ0) is 18.7. The second-order valence-corrected chi connectivity index (χ2v) is 7.00. The number of carbonyl (C=O) groups is 1. The molecule has 136 valence electrons. The minimum atomic E-state index is -3.82. The lowest BCUT2D eigenvalue weighted by Gasteiger charge is -2.17. The maximum atomic E-state index is 12.3. The molecule has 0 saturated heterocycles. The van der Waals surface area contributed by atoms with Crippen LogP contribution in [0.15, 0.2) is 51.8 Å². The van der Waals surface area contributed by atoms with Crippen molar-refractivity contribution < 1.29 is 22.7 Å². The van der Waals surface area contributed by atoms with Gasteiger partial charge in [-0.1, -0.05) is 12.1 Å². The molecular weight excluding hydrogens is 358 g/mol. The number of amides is 1. The molecule has 0 saturated carbocycles. The van der Waals surface area contributed by atoms with Crippen molar-refractivity contribution in [3.8, 4) is 11.5 Å². The lowest BCUT2D eigenvalue weighted by Crippen LogP contribution is -2.26. The maximum Gasteiger partial charge on any atom is 0.286 e. The van der Waals surface area contributed by atoms with Gasteiger partial charge in [0.1, 0.15) is 10.7 Å². The van der Waals surface area contributed by atoms with Crippen LogP contribution in [0.25, 0.3) is 0 Å². The van der Waals surface area contributed by atoms with Crippen LogP contribution in [0.3, 0.4) is 0 Å². The minimum absolute atomic E-state index is 0.0571. The number of amidine groups is 1. The summed E-state index contributed by atoms with van der Waals surface area (Å²) in [6.45, 7) is 0. The first-order chi connectivity index (χ1) is 12.4. The van der Waals surface area contributed by atoms with Gasteiger partial charge < -0.3 is 20.1 Å². The van der Waals surface area contributed by atoms with E-state index in [1.165, 1.54) is 20.3 Å². The van der Waals surface area contributed by atoms with Crippen LogP contribution in [0.2, 0.25) is 0 Å². The third-order valence-corrected chi connectivity index (χ3v) is 5.04. The SMILES string of the molecule is COc1ccc(NC(=O)CC2=NS(=O)(=O)c3ccccc3N2)cc1OC. The number of fused-ring (bicyclic) bond motifs is 1. The van der Waals surface area contributed by atoms with Crippen molar-refractivity contribution in [1.82, 2.24) is 0 Å². The largest absolute Gasteiger partial charge is 0.493 e. The smallest absolute Gasteiger partial charge is 0.286 e. The summed E-state index contributed by atoms with van der Waals surface area (Å²) in [7, 11) is -0.813. The molecule has 0 unspecified atom stereocenters. The van der Waals surface area contributed by atoms with Crippen molar-refractivity contribution in [3.05, 3.63) is 42.5 Å². The summed E-state index contributed by atoms with van der Waals surface area (Å²) in [6.07, 6.45) is -0.220. The van der Waals surface area contributed by atoms with Gasteiger partial charge in [0.25, 0.3) is 10.0 Å². The average Bonchev–Trinajstić information content (AvgIpc) is 2.61. The van der Waals surface area contributed by atoms with Crippen molar-refractivity contribution in [2.75, 3.05) is 24.9 Å². The van der Waals surface area contributed by atoms with E-state index >= 15 is 0 Å². The van der Waals surface area contributed by atoms with Gasteiger partial charge in [0.15, 0.2) is 11.5 Å². The molecule has 2 N–H and O–H groups in total. The maximum absolute atomic E-state index is 12.3. The first-order valence-electron chi connectivity index (χ1n) is 7.64. The molecule has 0 radical (unpaired) electrons. The number of rotatable bonds is 5. The van der Waals surface area contributed by atoms with E-state index in [-0.39, 0.29) is 17.2 Å². The van der Waals surface area contributed by atoms with Crippen LogP contribution < -0.4 is 20.1 Å². The number of hydrogen-bond donors (Lipinski definition) is 2. The Labute approximate surface area is 150 Å². The lowest BCUT2D eigenvalue weighted by atomic mass is 10.2. The van der Waals surface area contributed by atoms with Gasteiger partial charge in [-0.25, -0.2) is 0 Å². The molecule has 0 bridgehead atoms. The van der Waals surface area contributed by atoms with Gasteiger partial charge >= 0.3 is 0 Å². The van der Waals surface area contributed by atoms with Gasteiger partial charge in [-0.05, 0) is 24.3 Å². The van der Waals surface area contributed by atoms with Gasteiger partial charge in [0.2, 0.25) is 5.91 Å². The van der Waals surface area contributed by atoms with Crippen LogP contribution in [0.5, 0.6) is 11.5 Å². The van der Waals surface area contributed by atoms with Crippen LogP contribution in [-0.2, 0) is 14.8 Å². The first kappa shape index (κ1) is 17.7. The van der Waals surface area contributed by atoms with Crippen LogP contribution in [0, 0.1) is 0 Å². The van der Waals surface area contributed by atoms with Gasteiger partial charge in [-0.2, -0.15) is 8.42 Å². The first-order valence-corrected chi connectivity index (χ1v) is 9.09. The fourth-order valence-corrected chi connectivity index (χ4v) is 3.66. The van der Waals surface area contributed by atoms with E-state index in [2.05, 4.69) is 15.0 Å². The number of ether oxygens (including phenoxy) is 2. The Balaban J connectivity index is 1.74. The predicted octanol–water partition coefficient (Wildman–Crippen LogP) is 2.25. The Kier molecular flexibility index (Phi) is 4.81. The van der Waals surface area contributed by atoms with Crippen molar-refractivity contribution >= 4 is 33.1 Å². The van der Waals surface area contributed by atoms with Crippen LogP contribution >= 0.6 is 0 Å². The molecule has 3 rings (SSSR count). The molecule has 0 aliphatic carbocycles. The highest BCUT2D eigenvalue weighted by atomic mass is 32.2. The summed E-state index contributed by atoms with van der Waals surface area (Å²) in [4.78, 5) is 12.3. The molecule has 0 fully saturated rings. The topological polar surface area (TPSA) is 106 Å². The van der Waals surface area contributed by atoms with Crippen LogP contribution in [-0.4, -0.2) is 34.4 Å². The molecule has 0 atom stereocenters. The number of nitrogens with one attached hydrogen (secondary N) is 2. The van der Waals surface area contributed by atoms with E-state index in [4.69, 9.17) is 9.47 Å². The van der Waals surface area contributed by atoms with Crippen molar-refractivity contribution in [2.24, 2.45) is 4.40 Å². The van der Waals surface area contributed by atoms with E-state index in [0.717, 1.165) is 0 Å². The molecule has 1 heterocycles. The quantitative estimate of drug-likeness (QED) is 0.830. The summed E-state index contributed by atoms with van der Waals surface area (Å²) in [5, 5.41) is 5.55. The highest BCUT2D eigenvalue weighted by Crippen LogP contribution is 2.30. The fourth-order valence-electron chi connectivity index (χ4n) is 2.52. The van der Waals surface area contributed by atoms with E-state index in [9.17, 15) is 13.2 Å². The average molecular weight is 375 g/mol. The van der Waals surface area contributed by atoms with Gasteiger partial charge in [-0.15, -0.1) is 4.40 Å². The third-order valence-electron chi connectivity index (χ3n) is 3.67. The van der Waals surface area contributed by atoms with E-state index in [1.807, 2.05) is 0 Å². The fraction of sp³-hybridized carbons (Fsp3) is 0.176. The van der Waals surface area contributed by atoms with E-state index in [0.29, 0.717) is 22.9 Å². The van der Waals surface area contributed by atoms with Crippen LogP contribution in [0.1, 0.15) is 6.42 Å². The summed E-state index contributed by atoms with van der Waals surface area (Å²) in [6, 6.07) is 11.3. The Bertz CT molecular complexity index is 986. The summed E-state index contributed by atoms with van der Waals surface area (Å²) < 4.78 is 38.4. The molecule has 26 heavy (non-hydrogen) atoms. The zero-order valence-corrected chi connectivity index (χ0v) is 15.0. The van der Waals surface area contributed by atoms with E-state index < -0.39 is 15.9 Å². The molecule has 2 aromatic carbocycles. The predicted molar refractivity (Wildman–Crippen MR) is 97.5 cm³/mol. The number of methoxy groups -OCH3 is 2. The zero-order valence-electron chi connectivity index (χ0n) is 14.1. The summed E-state index contributed by atoms with van der Waals surface area (Å²) >= 11 is 0. The highest BCUT2D eigenvalue weighted by molar-refractivity contribution is 7.90. The summed E-state index contributed by atoms with van der Waals surface area (Å²) in [5.41, 5.74) is 0.892. The summed E-state index contributed by atoms with van der Waals surface area (Å²) in [5.74, 6) is 0.640. The third kappa shape index (κ3) is 3.62. The Morgan fingerprint density at radius 3 is 2.58 bits per heavy atom. The monoisotopic (exact) mass is 375 g/mol. The Hall–Kier alpha value is -3.07. The second-order valence-electron chi connectivity index (χ2n) is 5.43. The Morgan fingerprint density at radius 1 is 1.12 bits per heavy atom. The molecule has 2 aromatic rings. The standard InChI is InChI=1S/C17H17N3O5S/c1-24-13-8-7-11(9-14(13)25-2)18-17(21)10-16-19-12-5-3-4-6-15(12)26(22,23)20-16/h3-9H,10H2,1-2H3,(H,18,21)(H,19,20). The second kappa shape index (κ2) is 7.04. The number of carbonyl (C=O) groups excluding carboxylic acids is 1. The Morgan fingerprint density at radius 2 is 1.85 bits per heavy atom. The molecule has 9 heteroatoms. The molecule has 0 aromatic heterocycles. The van der Waals surface area contributed by atoms with Crippen molar-refractivity contribution in [2.45, 2.75) is 11.3 Å². The van der Waals surface area contributed by atoms with Crippen molar-refractivity contribution in [3.63, 3.8) is 0 Å². The number of benzene rings is 2. The molecule has 1 aliphatic rings. The van der Waals surface area contributed by atoms with E-state index in [1.54, 1.807) is 36.4 Å². The number of hydrogen-bond acceptors (Lipinski definition) is 6. The molecule has 1 aliphatic heterocycles. The normalized spacial score (nSPS) is 14.5. The lowest BCUT2D eigenvalue weighted by molar-refractivity contribution is -0.115. The minimum Gasteiger partial charge on any atom is -0.493 e. The molecule has 8 nitrogen and oxygen atoms in total. The highest BCUT2D eigenvalue weighted by Gasteiger charge is 2.25. The number of sulfonamides is 1. The molecule has 0 spiro atoms. The number of para-hydroxylation sites is 1.